The zero-order valence-electron chi connectivity index (χ0n) is 11.6. The second-order valence-corrected chi connectivity index (χ2v) is 4.99. The van der Waals surface area contributed by atoms with Crippen LogP contribution in [0.5, 0.6) is 0 Å². The van der Waals surface area contributed by atoms with E-state index < -0.39 is 0 Å². The minimum atomic E-state index is -0.0864. The molecule has 1 rings (SSSR count). The van der Waals surface area contributed by atoms with Crippen LogP contribution in [-0.2, 0) is 17.8 Å². The Labute approximate surface area is 105 Å². The quantitative estimate of drug-likeness (QED) is 0.753. The molecule has 17 heavy (non-hydrogen) atoms. The van der Waals surface area contributed by atoms with E-state index in [1.807, 2.05) is 6.92 Å². The second-order valence-electron chi connectivity index (χ2n) is 4.99. The van der Waals surface area contributed by atoms with Gasteiger partial charge in [-0.25, -0.2) is 0 Å². The monoisotopic (exact) mass is 238 g/mol. The Morgan fingerprint density at radius 3 is 2.76 bits per heavy atom. The molecule has 3 heteroatoms. The van der Waals surface area contributed by atoms with Gasteiger partial charge in [0.05, 0.1) is 5.60 Å². The lowest BCUT2D eigenvalue weighted by Crippen LogP contribution is -2.37. The molecule has 0 aliphatic heterocycles. The first-order valence-corrected chi connectivity index (χ1v) is 6.57. The molecule has 0 spiro atoms. The third-order valence-corrected chi connectivity index (χ3v) is 2.78. The molecule has 3 nitrogen and oxygen atoms in total. The number of nitrogens with zero attached hydrogens (tertiary/aromatic N) is 1. The fourth-order valence-corrected chi connectivity index (χ4v) is 2.00. The molecular formula is C14H26N2O. The molecular weight excluding hydrogens is 212 g/mol. The van der Waals surface area contributed by atoms with Crippen LogP contribution >= 0.6 is 0 Å². The van der Waals surface area contributed by atoms with Gasteiger partial charge in [0.25, 0.3) is 0 Å². The minimum absolute atomic E-state index is 0.0864. The summed E-state index contributed by atoms with van der Waals surface area (Å²) >= 11 is 0. The maximum atomic E-state index is 5.66. The summed E-state index contributed by atoms with van der Waals surface area (Å²) in [5.74, 6) is 0. The first-order chi connectivity index (χ1) is 8.09. The lowest BCUT2D eigenvalue weighted by atomic mass is 10.1. The van der Waals surface area contributed by atoms with Crippen LogP contribution in [0.25, 0.3) is 0 Å². The normalized spacial score (nSPS) is 12.0. The van der Waals surface area contributed by atoms with Crippen LogP contribution < -0.4 is 5.32 Å². The van der Waals surface area contributed by atoms with Crippen LogP contribution in [0.2, 0.25) is 0 Å². The first-order valence-electron chi connectivity index (χ1n) is 6.57. The van der Waals surface area contributed by atoms with E-state index in [-0.39, 0.29) is 5.60 Å². The molecule has 1 aromatic heterocycles. The Morgan fingerprint density at radius 2 is 2.12 bits per heavy atom. The zero-order chi connectivity index (χ0) is 12.7. The molecule has 1 N–H and O–H groups in total. The number of rotatable bonds is 8. The van der Waals surface area contributed by atoms with Crippen LogP contribution in [0.1, 0.15) is 39.8 Å². The van der Waals surface area contributed by atoms with Gasteiger partial charge in [-0.05, 0) is 39.3 Å². The molecule has 1 aromatic rings. The van der Waals surface area contributed by atoms with Gasteiger partial charge in [-0.1, -0.05) is 6.92 Å². The van der Waals surface area contributed by atoms with Gasteiger partial charge in [-0.15, -0.1) is 0 Å². The van der Waals surface area contributed by atoms with Crippen LogP contribution in [0.4, 0.5) is 0 Å². The van der Waals surface area contributed by atoms with Crippen LogP contribution in [0, 0.1) is 0 Å². The third kappa shape index (κ3) is 4.92. The fraction of sp³-hybridized carbons (Fsp3) is 0.714. The highest BCUT2D eigenvalue weighted by molar-refractivity contribution is 5.06. The second kappa shape index (κ2) is 6.82. The Bertz CT molecular complexity index is 318. The van der Waals surface area contributed by atoms with Gasteiger partial charge in [0.1, 0.15) is 0 Å². The predicted molar refractivity (Wildman–Crippen MR) is 72.1 cm³/mol. The summed E-state index contributed by atoms with van der Waals surface area (Å²) < 4.78 is 7.96. The summed E-state index contributed by atoms with van der Waals surface area (Å²) in [4.78, 5) is 0. The molecule has 0 atom stereocenters. The smallest absolute Gasteiger partial charge is 0.0750 e. The number of hydrogen-bond donors (Lipinski definition) is 1. The summed E-state index contributed by atoms with van der Waals surface area (Å²) in [7, 11) is 0. The van der Waals surface area contributed by atoms with Crippen LogP contribution in [-0.4, -0.2) is 23.3 Å². The van der Waals surface area contributed by atoms with Crippen molar-refractivity contribution in [1.82, 2.24) is 9.88 Å². The number of nitrogens with one attached hydrogen (secondary N) is 1. The summed E-state index contributed by atoms with van der Waals surface area (Å²) in [6.45, 7) is 12.1. The van der Waals surface area contributed by atoms with E-state index in [4.69, 9.17) is 4.74 Å². The van der Waals surface area contributed by atoms with Gasteiger partial charge in [-0.3, -0.25) is 0 Å². The molecule has 0 radical (unpaired) electrons. The van der Waals surface area contributed by atoms with E-state index in [9.17, 15) is 0 Å². The van der Waals surface area contributed by atoms with Crippen LogP contribution in [0.15, 0.2) is 18.3 Å². The van der Waals surface area contributed by atoms with Crippen molar-refractivity contribution >= 4 is 0 Å². The van der Waals surface area contributed by atoms with E-state index >= 15 is 0 Å². The number of aryl methyl sites for hydroxylation is 1. The van der Waals surface area contributed by atoms with Crippen molar-refractivity contribution in [1.29, 1.82) is 0 Å². The van der Waals surface area contributed by atoms with Crippen molar-refractivity contribution in [2.24, 2.45) is 0 Å². The SMILES string of the molecule is CCCn1cccc1CNCC(C)(C)OCC. The van der Waals surface area contributed by atoms with Crippen LogP contribution in [0.3, 0.4) is 0 Å². The van der Waals surface area contributed by atoms with Gasteiger partial charge in [0.15, 0.2) is 0 Å². The molecule has 0 aliphatic rings. The first kappa shape index (κ1) is 14.3. The van der Waals surface area contributed by atoms with Crippen molar-refractivity contribution in [3.8, 4) is 0 Å². The minimum Gasteiger partial charge on any atom is -0.375 e. The van der Waals surface area contributed by atoms with E-state index in [1.165, 1.54) is 12.1 Å². The van der Waals surface area contributed by atoms with Crippen molar-refractivity contribution in [3.63, 3.8) is 0 Å². The van der Waals surface area contributed by atoms with E-state index in [2.05, 4.69) is 49.0 Å². The van der Waals surface area contributed by atoms with Crippen molar-refractivity contribution in [3.05, 3.63) is 24.0 Å². The average molecular weight is 238 g/mol. The molecule has 0 amide bonds. The van der Waals surface area contributed by atoms with Crippen molar-refractivity contribution in [2.45, 2.75) is 52.8 Å². The summed E-state index contributed by atoms with van der Waals surface area (Å²) in [6, 6.07) is 4.29. The molecule has 0 fully saturated rings. The summed E-state index contributed by atoms with van der Waals surface area (Å²) in [5, 5.41) is 3.47. The molecule has 0 saturated carbocycles. The molecule has 0 aromatic carbocycles. The standard InChI is InChI=1S/C14H26N2O/c1-5-9-16-10-7-8-13(16)11-15-12-14(3,4)17-6-2/h7-8,10,15H,5-6,9,11-12H2,1-4H3. The molecule has 1 heterocycles. The number of aromatic nitrogens is 1. The van der Waals surface area contributed by atoms with E-state index in [0.717, 1.165) is 26.2 Å². The maximum absolute atomic E-state index is 5.66. The molecule has 98 valence electrons. The zero-order valence-corrected chi connectivity index (χ0v) is 11.6. The number of hydrogen-bond acceptors (Lipinski definition) is 2. The highest BCUT2D eigenvalue weighted by Crippen LogP contribution is 2.08. The predicted octanol–water partition coefficient (Wildman–Crippen LogP) is 2.80. The maximum Gasteiger partial charge on any atom is 0.0750 e. The van der Waals surface area contributed by atoms with Gasteiger partial charge < -0.3 is 14.6 Å². The Morgan fingerprint density at radius 1 is 1.35 bits per heavy atom. The lowest BCUT2D eigenvalue weighted by Gasteiger charge is -2.25. The van der Waals surface area contributed by atoms with E-state index in [0.29, 0.717) is 0 Å². The molecule has 0 unspecified atom stereocenters. The topological polar surface area (TPSA) is 26.2 Å². The molecule has 0 saturated heterocycles. The van der Waals surface area contributed by atoms with Gasteiger partial charge in [0, 0.05) is 38.1 Å². The largest absolute Gasteiger partial charge is 0.375 e. The van der Waals surface area contributed by atoms with Crippen molar-refractivity contribution < 1.29 is 4.74 Å². The summed E-state index contributed by atoms with van der Waals surface area (Å²) in [6.07, 6.45) is 3.32. The van der Waals surface area contributed by atoms with Gasteiger partial charge in [-0.2, -0.15) is 0 Å². The Balaban J connectivity index is 2.37. The third-order valence-electron chi connectivity index (χ3n) is 2.78. The van der Waals surface area contributed by atoms with Crippen molar-refractivity contribution in [2.75, 3.05) is 13.2 Å². The van der Waals surface area contributed by atoms with E-state index in [1.54, 1.807) is 0 Å². The fourth-order valence-electron chi connectivity index (χ4n) is 2.00. The highest BCUT2D eigenvalue weighted by atomic mass is 16.5. The lowest BCUT2D eigenvalue weighted by molar-refractivity contribution is -0.00905. The Hall–Kier alpha value is -0.800. The Kier molecular flexibility index (Phi) is 5.72. The highest BCUT2D eigenvalue weighted by Gasteiger charge is 2.16. The molecule has 0 bridgehead atoms. The van der Waals surface area contributed by atoms with Gasteiger partial charge in [0.2, 0.25) is 0 Å². The summed E-state index contributed by atoms with van der Waals surface area (Å²) in [5.41, 5.74) is 1.26. The molecule has 0 aliphatic carbocycles. The number of ether oxygens (including phenoxy) is 1. The van der Waals surface area contributed by atoms with Gasteiger partial charge >= 0.3 is 0 Å². The average Bonchev–Trinajstić information content (AvgIpc) is 2.66.